The van der Waals surface area contributed by atoms with Gasteiger partial charge in [-0.1, -0.05) is 54.1 Å². The quantitative estimate of drug-likeness (QED) is 0.699. The standard InChI is InChI=1S/C21H19ClN2OS/c1-23-12-20(25)24-13-19(15-6-9-16(22)10-7-15)26-18-11-8-14-4-2-3-5-17(14)21(18)24/h2-11,19,23H,12-13H2,1H3. The van der Waals surface area contributed by atoms with Gasteiger partial charge in [0.15, 0.2) is 0 Å². The van der Waals surface area contributed by atoms with E-state index in [4.69, 9.17) is 11.6 Å². The maximum atomic E-state index is 12.9. The summed E-state index contributed by atoms with van der Waals surface area (Å²) >= 11 is 7.85. The van der Waals surface area contributed by atoms with Crippen LogP contribution < -0.4 is 10.2 Å². The first-order chi connectivity index (χ1) is 12.7. The average Bonchev–Trinajstić information content (AvgIpc) is 2.67. The van der Waals surface area contributed by atoms with Gasteiger partial charge in [0.2, 0.25) is 5.91 Å². The van der Waals surface area contributed by atoms with Gasteiger partial charge in [0.1, 0.15) is 0 Å². The van der Waals surface area contributed by atoms with Gasteiger partial charge < -0.3 is 10.2 Å². The lowest BCUT2D eigenvalue weighted by atomic mass is 10.1. The molecule has 1 aliphatic rings. The zero-order valence-electron chi connectivity index (χ0n) is 14.4. The van der Waals surface area contributed by atoms with Crippen molar-refractivity contribution in [3.05, 3.63) is 71.2 Å². The Balaban J connectivity index is 1.82. The van der Waals surface area contributed by atoms with Crippen molar-refractivity contribution >= 4 is 45.7 Å². The number of likely N-dealkylation sites (N-methyl/N-ethyl adjacent to an activating group) is 1. The Bertz CT molecular complexity index is 958. The van der Waals surface area contributed by atoms with Crippen LogP contribution in [-0.2, 0) is 4.79 Å². The largest absolute Gasteiger partial charge is 0.311 e. The molecule has 1 heterocycles. The molecule has 1 unspecified atom stereocenters. The van der Waals surface area contributed by atoms with Crippen LogP contribution in [0.15, 0.2) is 65.6 Å². The van der Waals surface area contributed by atoms with E-state index in [1.807, 2.05) is 53.1 Å². The van der Waals surface area contributed by atoms with Gasteiger partial charge in [0, 0.05) is 21.8 Å². The van der Waals surface area contributed by atoms with Crippen LogP contribution in [0.4, 0.5) is 5.69 Å². The molecule has 0 fully saturated rings. The SMILES string of the molecule is CNCC(=O)N1CC(c2ccc(Cl)cc2)Sc2ccc3ccccc3c21. The van der Waals surface area contributed by atoms with Crippen molar-refractivity contribution in [2.45, 2.75) is 10.1 Å². The highest BCUT2D eigenvalue weighted by Crippen LogP contribution is 2.48. The third-order valence-electron chi connectivity index (χ3n) is 4.62. The fourth-order valence-corrected chi connectivity index (χ4v) is 4.81. The van der Waals surface area contributed by atoms with Crippen LogP contribution >= 0.6 is 23.4 Å². The van der Waals surface area contributed by atoms with Gasteiger partial charge in [-0.15, -0.1) is 11.8 Å². The van der Waals surface area contributed by atoms with Crippen molar-refractivity contribution in [1.82, 2.24) is 5.32 Å². The van der Waals surface area contributed by atoms with E-state index >= 15 is 0 Å². The number of rotatable bonds is 3. The minimum atomic E-state index is 0.0874. The third-order valence-corrected chi connectivity index (χ3v) is 6.16. The summed E-state index contributed by atoms with van der Waals surface area (Å²) in [6, 6.07) is 20.4. The molecular formula is C21H19ClN2OS. The van der Waals surface area contributed by atoms with Crippen molar-refractivity contribution in [3.63, 3.8) is 0 Å². The zero-order valence-corrected chi connectivity index (χ0v) is 16.0. The predicted molar refractivity (Wildman–Crippen MR) is 110 cm³/mol. The minimum Gasteiger partial charge on any atom is -0.311 e. The number of benzene rings is 3. The highest BCUT2D eigenvalue weighted by atomic mass is 35.5. The summed E-state index contributed by atoms with van der Waals surface area (Å²) in [5, 5.41) is 6.17. The number of hydrogen-bond donors (Lipinski definition) is 1. The van der Waals surface area contributed by atoms with Crippen LogP contribution in [0.1, 0.15) is 10.8 Å². The van der Waals surface area contributed by atoms with Crippen molar-refractivity contribution in [1.29, 1.82) is 0 Å². The number of halogens is 1. The molecule has 0 radical (unpaired) electrons. The second-order valence-electron chi connectivity index (χ2n) is 6.33. The molecule has 3 aromatic carbocycles. The Morgan fingerprint density at radius 1 is 1.15 bits per heavy atom. The van der Waals surface area contributed by atoms with E-state index < -0.39 is 0 Å². The summed E-state index contributed by atoms with van der Waals surface area (Å²) in [5.41, 5.74) is 2.21. The lowest BCUT2D eigenvalue weighted by Gasteiger charge is -2.35. The number of hydrogen-bond acceptors (Lipinski definition) is 3. The fraction of sp³-hybridized carbons (Fsp3) is 0.190. The molecule has 132 valence electrons. The number of carbonyl (C=O) groups excluding carboxylic acids is 1. The molecule has 3 aromatic rings. The number of amides is 1. The van der Waals surface area contributed by atoms with Crippen LogP contribution in [0.2, 0.25) is 5.02 Å². The first kappa shape index (κ1) is 17.4. The molecule has 1 N–H and O–H groups in total. The summed E-state index contributed by atoms with van der Waals surface area (Å²) in [4.78, 5) is 15.9. The maximum absolute atomic E-state index is 12.9. The van der Waals surface area contributed by atoms with Gasteiger partial charge in [0.25, 0.3) is 0 Å². The highest BCUT2D eigenvalue weighted by molar-refractivity contribution is 7.99. The van der Waals surface area contributed by atoms with Gasteiger partial charge in [-0.05, 0) is 36.2 Å². The van der Waals surface area contributed by atoms with Crippen molar-refractivity contribution in [3.8, 4) is 0 Å². The van der Waals surface area contributed by atoms with E-state index in [2.05, 4.69) is 29.6 Å². The number of fused-ring (bicyclic) bond motifs is 3. The van der Waals surface area contributed by atoms with Gasteiger partial charge >= 0.3 is 0 Å². The summed E-state index contributed by atoms with van der Waals surface area (Å²) in [5.74, 6) is 0.0874. The van der Waals surface area contributed by atoms with Crippen LogP contribution in [0.3, 0.4) is 0 Å². The smallest absolute Gasteiger partial charge is 0.241 e. The topological polar surface area (TPSA) is 32.3 Å². The molecule has 1 aliphatic heterocycles. The van der Waals surface area contributed by atoms with E-state index in [9.17, 15) is 4.79 Å². The molecule has 0 aliphatic carbocycles. The van der Waals surface area contributed by atoms with Crippen molar-refractivity contribution < 1.29 is 4.79 Å². The Morgan fingerprint density at radius 2 is 1.92 bits per heavy atom. The molecule has 26 heavy (non-hydrogen) atoms. The zero-order chi connectivity index (χ0) is 18.1. The van der Waals surface area contributed by atoms with Crippen LogP contribution in [0.25, 0.3) is 10.8 Å². The lowest BCUT2D eigenvalue weighted by Crippen LogP contribution is -2.41. The molecule has 5 heteroatoms. The second kappa shape index (κ2) is 7.31. The van der Waals surface area contributed by atoms with Crippen molar-refractivity contribution in [2.24, 2.45) is 0 Å². The Morgan fingerprint density at radius 3 is 2.69 bits per heavy atom. The van der Waals surface area contributed by atoms with Gasteiger partial charge in [-0.2, -0.15) is 0 Å². The molecule has 4 rings (SSSR count). The Hall–Kier alpha value is -2.01. The van der Waals surface area contributed by atoms with E-state index in [1.54, 1.807) is 7.05 Å². The number of nitrogens with one attached hydrogen (secondary N) is 1. The summed E-state index contributed by atoms with van der Waals surface area (Å²) in [7, 11) is 1.80. The molecular weight excluding hydrogens is 364 g/mol. The Labute approximate surface area is 162 Å². The number of nitrogens with zero attached hydrogens (tertiary/aromatic N) is 1. The van der Waals surface area contributed by atoms with Gasteiger partial charge in [-0.3, -0.25) is 4.79 Å². The maximum Gasteiger partial charge on any atom is 0.241 e. The van der Waals surface area contributed by atoms with Gasteiger partial charge in [-0.25, -0.2) is 0 Å². The molecule has 1 amide bonds. The average molecular weight is 383 g/mol. The normalized spacial score (nSPS) is 16.5. The van der Waals surface area contributed by atoms with E-state index in [-0.39, 0.29) is 11.2 Å². The van der Waals surface area contributed by atoms with Crippen molar-refractivity contribution in [2.75, 3.05) is 25.0 Å². The second-order valence-corrected chi connectivity index (χ2v) is 8.01. The number of anilines is 1. The minimum absolute atomic E-state index is 0.0874. The number of carbonyl (C=O) groups is 1. The first-order valence-electron chi connectivity index (χ1n) is 8.56. The lowest BCUT2D eigenvalue weighted by molar-refractivity contribution is -0.117. The van der Waals surface area contributed by atoms with Crippen LogP contribution in [-0.4, -0.2) is 26.0 Å². The molecule has 0 bridgehead atoms. The molecule has 0 spiro atoms. The van der Waals surface area contributed by atoms with Crippen LogP contribution in [0, 0.1) is 0 Å². The third kappa shape index (κ3) is 3.20. The molecule has 0 aromatic heterocycles. The fourth-order valence-electron chi connectivity index (χ4n) is 3.38. The summed E-state index contributed by atoms with van der Waals surface area (Å²) < 4.78 is 0. The monoisotopic (exact) mass is 382 g/mol. The Kier molecular flexibility index (Phi) is 4.90. The summed E-state index contributed by atoms with van der Waals surface area (Å²) in [6.07, 6.45) is 0. The summed E-state index contributed by atoms with van der Waals surface area (Å²) in [6.45, 7) is 0.967. The van der Waals surface area contributed by atoms with E-state index in [1.165, 1.54) is 5.56 Å². The van der Waals surface area contributed by atoms with Crippen LogP contribution in [0.5, 0.6) is 0 Å². The molecule has 0 saturated carbocycles. The first-order valence-corrected chi connectivity index (χ1v) is 9.82. The molecule has 1 atom stereocenters. The molecule has 3 nitrogen and oxygen atoms in total. The van der Waals surface area contributed by atoms with E-state index in [0.717, 1.165) is 26.4 Å². The van der Waals surface area contributed by atoms with Gasteiger partial charge in [0.05, 0.1) is 17.5 Å². The molecule has 0 saturated heterocycles. The number of thioether (sulfide) groups is 1. The predicted octanol–water partition coefficient (Wildman–Crippen LogP) is 4.89. The van der Waals surface area contributed by atoms with E-state index in [0.29, 0.717) is 13.1 Å². The highest BCUT2D eigenvalue weighted by Gasteiger charge is 2.31.